The van der Waals surface area contributed by atoms with E-state index in [9.17, 15) is 27.9 Å². The minimum absolute atomic E-state index is 0.0310. The Labute approximate surface area is 191 Å². The highest BCUT2D eigenvalue weighted by molar-refractivity contribution is 7.89. The Morgan fingerprint density at radius 1 is 1.06 bits per heavy atom. The van der Waals surface area contributed by atoms with Gasteiger partial charge in [0.1, 0.15) is 12.6 Å². The van der Waals surface area contributed by atoms with E-state index in [1.165, 1.54) is 12.1 Å². The summed E-state index contributed by atoms with van der Waals surface area (Å²) in [6, 6.07) is 9.90. The number of carbonyl (C=O) groups excluding carboxylic acids is 3. The Hall–Kier alpha value is -3.08. The second kappa shape index (κ2) is 8.69. The molecule has 33 heavy (non-hydrogen) atoms. The van der Waals surface area contributed by atoms with Crippen molar-refractivity contribution < 1.29 is 32.6 Å². The number of imide groups is 1. The summed E-state index contributed by atoms with van der Waals surface area (Å²) in [5.41, 5.74) is 2.30. The summed E-state index contributed by atoms with van der Waals surface area (Å²) in [5, 5.41) is 10.1. The van der Waals surface area contributed by atoms with Crippen molar-refractivity contribution in [3.63, 3.8) is 0 Å². The maximum absolute atomic E-state index is 13.2. The summed E-state index contributed by atoms with van der Waals surface area (Å²) in [6.45, 7) is 2.98. The predicted molar refractivity (Wildman–Crippen MR) is 117 cm³/mol. The SMILES string of the molecule is Cc1ccc(S(=O)(=O)N2CC(O)CC2C(=O)OCCN2C(=O)c3ccccc3C2=O)cc1C. The van der Waals surface area contributed by atoms with Gasteiger partial charge < -0.3 is 9.84 Å². The Bertz CT molecular complexity index is 1210. The number of rotatable bonds is 6. The molecule has 2 aliphatic rings. The van der Waals surface area contributed by atoms with E-state index < -0.39 is 40.0 Å². The lowest BCUT2D eigenvalue weighted by atomic mass is 10.1. The van der Waals surface area contributed by atoms with Crippen LogP contribution >= 0.6 is 0 Å². The van der Waals surface area contributed by atoms with E-state index in [1.807, 2.05) is 6.92 Å². The van der Waals surface area contributed by atoms with Crippen LogP contribution < -0.4 is 0 Å². The van der Waals surface area contributed by atoms with Gasteiger partial charge in [-0.15, -0.1) is 0 Å². The Balaban J connectivity index is 1.44. The van der Waals surface area contributed by atoms with Crippen molar-refractivity contribution in [1.82, 2.24) is 9.21 Å². The quantitative estimate of drug-likeness (QED) is 0.496. The Morgan fingerprint density at radius 2 is 1.70 bits per heavy atom. The number of benzene rings is 2. The number of ether oxygens (including phenoxy) is 1. The number of carbonyl (C=O) groups is 3. The number of aryl methyl sites for hydroxylation is 2. The molecule has 2 amide bonds. The van der Waals surface area contributed by atoms with Gasteiger partial charge in [-0.2, -0.15) is 4.31 Å². The zero-order valence-corrected chi connectivity index (χ0v) is 19.0. The largest absolute Gasteiger partial charge is 0.463 e. The smallest absolute Gasteiger partial charge is 0.324 e. The number of nitrogens with zero attached hydrogens (tertiary/aromatic N) is 2. The van der Waals surface area contributed by atoms with Gasteiger partial charge in [0, 0.05) is 13.0 Å². The predicted octanol–water partition coefficient (Wildman–Crippen LogP) is 1.27. The van der Waals surface area contributed by atoms with Crippen LogP contribution in [0.5, 0.6) is 0 Å². The normalized spacial score (nSPS) is 20.9. The van der Waals surface area contributed by atoms with Gasteiger partial charge in [-0.05, 0) is 49.2 Å². The summed E-state index contributed by atoms with van der Waals surface area (Å²) in [6.07, 6.45) is -1.12. The molecule has 174 valence electrons. The van der Waals surface area contributed by atoms with Crippen LogP contribution in [0.25, 0.3) is 0 Å². The number of esters is 1. The van der Waals surface area contributed by atoms with Crippen molar-refractivity contribution in [3.8, 4) is 0 Å². The second-order valence-electron chi connectivity index (χ2n) is 8.20. The lowest BCUT2D eigenvalue weighted by molar-refractivity contribution is -0.147. The molecule has 2 heterocycles. The van der Waals surface area contributed by atoms with Crippen LogP contribution in [0.15, 0.2) is 47.4 Å². The lowest BCUT2D eigenvalue weighted by Gasteiger charge is -2.23. The summed E-state index contributed by atoms with van der Waals surface area (Å²) >= 11 is 0. The van der Waals surface area contributed by atoms with E-state index in [-0.39, 0.29) is 31.0 Å². The molecule has 0 radical (unpaired) electrons. The van der Waals surface area contributed by atoms with Crippen LogP contribution in [0.3, 0.4) is 0 Å². The first-order valence-electron chi connectivity index (χ1n) is 10.5. The van der Waals surface area contributed by atoms with E-state index in [4.69, 9.17) is 4.74 Å². The molecule has 0 aliphatic carbocycles. The summed E-state index contributed by atoms with van der Waals surface area (Å²) < 4.78 is 32.5. The molecule has 2 aromatic rings. The number of β-amino-alcohol motifs (C(OH)–C–C–N with tert-alkyl or cyclic N) is 1. The maximum Gasteiger partial charge on any atom is 0.324 e. The summed E-state index contributed by atoms with van der Waals surface area (Å²) in [7, 11) is -4.05. The Morgan fingerprint density at radius 3 is 2.30 bits per heavy atom. The minimum atomic E-state index is -4.05. The molecular weight excluding hydrogens is 448 g/mol. The van der Waals surface area contributed by atoms with Crippen LogP contribution in [0.4, 0.5) is 0 Å². The standard InChI is InChI=1S/C23H24N2O7S/c1-14-7-8-17(11-15(14)2)33(30,31)25-13-16(26)12-20(25)23(29)32-10-9-24-21(27)18-5-3-4-6-19(18)22(24)28/h3-8,11,16,20,26H,9-10,12-13H2,1-2H3. The van der Waals surface area contributed by atoms with Gasteiger partial charge in [-0.25, -0.2) is 8.42 Å². The van der Waals surface area contributed by atoms with Gasteiger partial charge in [-0.3, -0.25) is 19.3 Å². The maximum atomic E-state index is 13.2. The van der Waals surface area contributed by atoms with Gasteiger partial charge in [0.15, 0.2) is 0 Å². The van der Waals surface area contributed by atoms with Crippen molar-refractivity contribution in [2.75, 3.05) is 19.7 Å². The number of aliphatic hydroxyl groups is 1. The molecule has 1 N–H and O–H groups in total. The van der Waals surface area contributed by atoms with Gasteiger partial charge in [0.05, 0.1) is 28.7 Å². The molecule has 10 heteroatoms. The fraction of sp³-hybridized carbons (Fsp3) is 0.348. The second-order valence-corrected chi connectivity index (χ2v) is 10.1. The first kappa shape index (κ1) is 23.1. The number of aliphatic hydroxyl groups excluding tert-OH is 1. The number of amides is 2. The van der Waals surface area contributed by atoms with Crippen molar-refractivity contribution in [1.29, 1.82) is 0 Å². The van der Waals surface area contributed by atoms with Crippen molar-refractivity contribution in [3.05, 3.63) is 64.7 Å². The van der Waals surface area contributed by atoms with Gasteiger partial charge in [-0.1, -0.05) is 18.2 Å². The van der Waals surface area contributed by atoms with Crippen LogP contribution in [-0.4, -0.2) is 72.4 Å². The third-order valence-electron chi connectivity index (χ3n) is 6.03. The van der Waals surface area contributed by atoms with E-state index in [1.54, 1.807) is 37.3 Å². The molecule has 2 aliphatic heterocycles. The van der Waals surface area contributed by atoms with E-state index in [0.29, 0.717) is 11.1 Å². The molecule has 0 bridgehead atoms. The molecule has 2 aromatic carbocycles. The zero-order valence-electron chi connectivity index (χ0n) is 18.2. The highest BCUT2D eigenvalue weighted by atomic mass is 32.2. The van der Waals surface area contributed by atoms with Crippen molar-refractivity contribution in [2.45, 2.75) is 37.3 Å². The molecule has 2 unspecified atom stereocenters. The highest BCUT2D eigenvalue weighted by Crippen LogP contribution is 2.28. The van der Waals surface area contributed by atoms with E-state index >= 15 is 0 Å². The van der Waals surface area contributed by atoms with Crippen LogP contribution in [0, 0.1) is 13.8 Å². The average molecular weight is 473 g/mol. The third-order valence-corrected chi connectivity index (χ3v) is 7.90. The van der Waals surface area contributed by atoms with Crippen LogP contribution in [0.1, 0.15) is 38.3 Å². The number of sulfonamides is 1. The van der Waals surface area contributed by atoms with Crippen molar-refractivity contribution in [2.24, 2.45) is 0 Å². The third kappa shape index (κ3) is 4.17. The molecule has 0 spiro atoms. The van der Waals surface area contributed by atoms with Gasteiger partial charge in [0.25, 0.3) is 11.8 Å². The van der Waals surface area contributed by atoms with Gasteiger partial charge >= 0.3 is 5.97 Å². The monoisotopic (exact) mass is 472 g/mol. The van der Waals surface area contributed by atoms with E-state index in [2.05, 4.69) is 0 Å². The number of hydrogen-bond donors (Lipinski definition) is 1. The molecular formula is C23H24N2O7S. The van der Waals surface area contributed by atoms with Crippen LogP contribution in [0.2, 0.25) is 0 Å². The topological polar surface area (TPSA) is 121 Å². The number of fused-ring (bicyclic) bond motifs is 1. The number of hydrogen-bond acceptors (Lipinski definition) is 7. The first-order valence-corrected chi connectivity index (χ1v) is 11.9. The molecule has 0 saturated carbocycles. The molecule has 1 saturated heterocycles. The Kier molecular flexibility index (Phi) is 6.08. The van der Waals surface area contributed by atoms with Gasteiger partial charge in [0.2, 0.25) is 10.0 Å². The average Bonchev–Trinajstić information content (AvgIpc) is 3.30. The fourth-order valence-corrected chi connectivity index (χ4v) is 5.76. The minimum Gasteiger partial charge on any atom is -0.463 e. The molecule has 1 fully saturated rings. The zero-order chi connectivity index (χ0) is 23.9. The summed E-state index contributed by atoms with van der Waals surface area (Å²) in [4.78, 5) is 38.6. The lowest BCUT2D eigenvalue weighted by Crippen LogP contribution is -2.42. The van der Waals surface area contributed by atoms with Crippen LogP contribution in [-0.2, 0) is 19.6 Å². The first-order chi connectivity index (χ1) is 15.6. The summed E-state index contributed by atoms with van der Waals surface area (Å²) in [5.74, 6) is -1.78. The molecule has 2 atom stereocenters. The molecule has 0 aromatic heterocycles. The van der Waals surface area contributed by atoms with E-state index in [0.717, 1.165) is 20.3 Å². The molecule has 9 nitrogen and oxygen atoms in total. The highest BCUT2D eigenvalue weighted by Gasteiger charge is 2.44. The molecule has 4 rings (SSSR count). The van der Waals surface area contributed by atoms with Crippen molar-refractivity contribution >= 4 is 27.8 Å². The fourth-order valence-electron chi connectivity index (χ4n) is 4.05.